The molecule has 1 atom stereocenters. The zero-order chi connectivity index (χ0) is 17.6. The van der Waals surface area contributed by atoms with Crippen LogP contribution in [0.25, 0.3) is 0 Å². The van der Waals surface area contributed by atoms with Gasteiger partial charge in [0.1, 0.15) is 0 Å². The van der Waals surface area contributed by atoms with Gasteiger partial charge in [0, 0.05) is 17.8 Å². The predicted octanol–water partition coefficient (Wildman–Crippen LogP) is 2.27. The molecular formula is C18H29N3O2. The molecule has 0 aliphatic heterocycles. The lowest BCUT2D eigenvalue weighted by molar-refractivity contribution is -0.126. The van der Waals surface area contributed by atoms with Crippen LogP contribution in [0.5, 0.6) is 0 Å². The van der Waals surface area contributed by atoms with Crippen LogP contribution in [0.3, 0.4) is 0 Å². The lowest BCUT2D eigenvalue weighted by atomic mass is 10.1. The summed E-state index contributed by atoms with van der Waals surface area (Å²) in [6.45, 7) is 10.4. The van der Waals surface area contributed by atoms with E-state index in [4.69, 9.17) is 0 Å². The van der Waals surface area contributed by atoms with Crippen molar-refractivity contribution >= 4 is 17.5 Å². The first-order valence-corrected chi connectivity index (χ1v) is 8.03. The molecule has 2 amide bonds. The predicted molar refractivity (Wildman–Crippen MR) is 94.5 cm³/mol. The minimum absolute atomic E-state index is 0.00948. The van der Waals surface area contributed by atoms with Crippen molar-refractivity contribution in [3.8, 4) is 0 Å². The zero-order valence-electron chi connectivity index (χ0n) is 15.1. The van der Waals surface area contributed by atoms with E-state index in [0.29, 0.717) is 6.54 Å². The molecule has 0 unspecified atom stereocenters. The molecule has 0 fully saturated rings. The Kier molecular flexibility index (Phi) is 6.76. The van der Waals surface area contributed by atoms with Gasteiger partial charge >= 0.3 is 0 Å². The topological polar surface area (TPSA) is 52.7 Å². The molecule has 0 bridgehead atoms. The van der Waals surface area contributed by atoms with Crippen LogP contribution in [0.4, 0.5) is 5.69 Å². The first-order chi connectivity index (χ1) is 10.7. The summed E-state index contributed by atoms with van der Waals surface area (Å²) >= 11 is 0. The Morgan fingerprint density at radius 3 is 2.22 bits per heavy atom. The normalized spacial score (nSPS) is 12.8. The average Bonchev–Trinajstić information content (AvgIpc) is 2.46. The van der Waals surface area contributed by atoms with Gasteiger partial charge in [0.25, 0.3) is 0 Å². The van der Waals surface area contributed by atoms with Gasteiger partial charge < -0.3 is 10.2 Å². The SMILES string of the molecule is CCN(C(=O)[C@H](C)N(C)CC(=O)NC(C)(C)C)c1ccccc1. The summed E-state index contributed by atoms with van der Waals surface area (Å²) in [6.07, 6.45) is 0. The molecule has 1 aromatic carbocycles. The van der Waals surface area contributed by atoms with Crippen LogP contribution in [-0.4, -0.2) is 48.4 Å². The van der Waals surface area contributed by atoms with E-state index in [0.717, 1.165) is 5.69 Å². The summed E-state index contributed by atoms with van der Waals surface area (Å²) in [7, 11) is 1.80. The van der Waals surface area contributed by atoms with Crippen LogP contribution >= 0.6 is 0 Å². The molecule has 0 aliphatic carbocycles. The number of amides is 2. The zero-order valence-corrected chi connectivity index (χ0v) is 15.1. The van der Waals surface area contributed by atoms with Crippen molar-refractivity contribution in [1.82, 2.24) is 10.2 Å². The molecule has 128 valence electrons. The number of anilines is 1. The Hall–Kier alpha value is -1.88. The molecule has 5 nitrogen and oxygen atoms in total. The molecule has 0 radical (unpaired) electrons. The monoisotopic (exact) mass is 319 g/mol. The van der Waals surface area contributed by atoms with E-state index < -0.39 is 0 Å². The van der Waals surface area contributed by atoms with Crippen molar-refractivity contribution in [3.63, 3.8) is 0 Å². The average molecular weight is 319 g/mol. The van der Waals surface area contributed by atoms with Gasteiger partial charge in [-0.3, -0.25) is 14.5 Å². The number of para-hydroxylation sites is 1. The second-order valence-corrected chi connectivity index (χ2v) is 6.81. The van der Waals surface area contributed by atoms with E-state index in [1.807, 2.05) is 65.0 Å². The first-order valence-electron chi connectivity index (χ1n) is 8.03. The molecular weight excluding hydrogens is 290 g/mol. The van der Waals surface area contributed by atoms with Gasteiger partial charge in [-0.15, -0.1) is 0 Å². The third-order valence-electron chi connectivity index (χ3n) is 3.58. The Morgan fingerprint density at radius 2 is 1.74 bits per heavy atom. The fraction of sp³-hybridized carbons (Fsp3) is 0.556. The van der Waals surface area contributed by atoms with Crippen LogP contribution in [0, 0.1) is 0 Å². The standard InChI is InChI=1S/C18H29N3O2/c1-7-21(15-11-9-8-10-12-15)17(23)14(2)20(6)13-16(22)19-18(3,4)5/h8-12,14H,7,13H2,1-6H3,(H,19,22)/t14-/m0/s1. The van der Waals surface area contributed by atoms with Gasteiger partial charge in [0.05, 0.1) is 12.6 Å². The summed E-state index contributed by atoms with van der Waals surface area (Å²) in [5, 5.41) is 2.91. The van der Waals surface area contributed by atoms with E-state index in [2.05, 4.69) is 5.32 Å². The fourth-order valence-electron chi connectivity index (χ4n) is 2.31. The van der Waals surface area contributed by atoms with Crippen molar-refractivity contribution in [2.24, 2.45) is 0 Å². The minimum atomic E-state index is -0.374. The quantitative estimate of drug-likeness (QED) is 0.875. The summed E-state index contributed by atoms with van der Waals surface area (Å²) in [4.78, 5) is 28.3. The number of likely N-dealkylation sites (N-methyl/N-ethyl adjacent to an activating group) is 2. The number of nitrogens with zero attached hydrogens (tertiary/aromatic N) is 2. The number of hydrogen-bond donors (Lipinski definition) is 1. The van der Waals surface area contributed by atoms with Crippen LogP contribution in [0.15, 0.2) is 30.3 Å². The third kappa shape index (κ3) is 6.02. The lowest BCUT2D eigenvalue weighted by Gasteiger charge is -2.30. The fourth-order valence-corrected chi connectivity index (χ4v) is 2.31. The first kappa shape index (κ1) is 19.2. The van der Waals surface area contributed by atoms with E-state index >= 15 is 0 Å². The summed E-state index contributed by atoms with van der Waals surface area (Å²) < 4.78 is 0. The maximum atomic E-state index is 12.7. The Morgan fingerprint density at radius 1 is 1.17 bits per heavy atom. The van der Waals surface area contributed by atoms with Gasteiger partial charge in [-0.1, -0.05) is 18.2 Å². The molecule has 1 rings (SSSR count). The molecule has 0 aromatic heterocycles. The molecule has 23 heavy (non-hydrogen) atoms. The Bertz CT molecular complexity index is 523. The number of benzene rings is 1. The summed E-state index contributed by atoms with van der Waals surface area (Å²) in [5.41, 5.74) is 0.601. The van der Waals surface area contributed by atoms with E-state index in [-0.39, 0.29) is 29.9 Å². The number of rotatable bonds is 6. The largest absolute Gasteiger partial charge is 0.350 e. The van der Waals surface area contributed by atoms with Gasteiger partial charge in [-0.2, -0.15) is 0 Å². The van der Waals surface area contributed by atoms with Crippen molar-refractivity contribution in [2.75, 3.05) is 25.0 Å². The second-order valence-electron chi connectivity index (χ2n) is 6.81. The Balaban J connectivity index is 2.72. The lowest BCUT2D eigenvalue weighted by Crippen LogP contribution is -2.51. The highest BCUT2D eigenvalue weighted by Crippen LogP contribution is 2.15. The van der Waals surface area contributed by atoms with Gasteiger partial charge in [0.2, 0.25) is 11.8 Å². The minimum Gasteiger partial charge on any atom is -0.350 e. The van der Waals surface area contributed by atoms with Gasteiger partial charge in [0.15, 0.2) is 0 Å². The van der Waals surface area contributed by atoms with E-state index in [1.54, 1.807) is 16.8 Å². The van der Waals surface area contributed by atoms with Gasteiger partial charge in [-0.25, -0.2) is 0 Å². The van der Waals surface area contributed by atoms with Crippen molar-refractivity contribution in [3.05, 3.63) is 30.3 Å². The second kappa shape index (κ2) is 8.11. The molecule has 0 spiro atoms. The highest BCUT2D eigenvalue weighted by atomic mass is 16.2. The smallest absolute Gasteiger partial charge is 0.244 e. The highest BCUT2D eigenvalue weighted by Gasteiger charge is 2.26. The van der Waals surface area contributed by atoms with Crippen LogP contribution < -0.4 is 10.2 Å². The molecule has 1 N–H and O–H groups in total. The van der Waals surface area contributed by atoms with Crippen LogP contribution in [-0.2, 0) is 9.59 Å². The van der Waals surface area contributed by atoms with Crippen molar-refractivity contribution in [1.29, 1.82) is 0 Å². The van der Waals surface area contributed by atoms with E-state index in [1.165, 1.54) is 0 Å². The number of carbonyl (C=O) groups excluding carboxylic acids is 2. The number of nitrogens with one attached hydrogen (secondary N) is 1. The maximum absolute atomic E-state index is 12.7. The van der Waals surface area contributed by atoms with Gasteiger partial charge in [-0.05, 0) is 53.8 Å². The molecule has 0 saturated carbocycles. The van der Waals surface area contributed by atoms with E-state index in [9.17, 15) is 9.59 Å². The molecule has 0 saturated heterocycles. The highest BCUT2D eigenvalue weighted by molar-refractivity contribution is 5.97. The summed E-state index contributed by atoms with van der Waals surface area (Å²) in [5.74, 6) is -0.0906. The Labute approximate surface area is 139 Å². The van der Waals surface area contributed by atoms with Crippen molar-refractivity contribution in [2.45, 2.75) is 46.2 Å². The number of carbonyl (C=O) groups is 2. The van der Waals surface area contributed by atoms with Crippen LogP contribution in [0.2, 0.25) is 0 Å². The third-order valence-corrected chi connectivity index (χ3v) is 3.58. The summed E-state index contributed by atoms with van der Waals surface area (Å²) in [6, 6.07) is 9.21. The molecule has 5 heteroatoms. The molecule has 0 aliphatic rings. The van der Waals surface area contributed by atoms with Crippen molar-refractivity contribution < 1.29 is 9.59 Å². The maximum Gasteiger partial charge on any atom is 0.244 e. The van der Waals surface area contributed by atoms with Crippen LogP contribution in [0.1, 0.15) is 34.6 Å². The molecule has 1 aromatic rings. The number of hydrogen-bond acceptors (Lipinski definition) is 3. The molecule has 0 heterocycles.